The predicted octanol–water partition coefficient (Wildman–Crippen LogP) is 3.10. The van der Waals surface area contributed by atoms with E-state index in [2.05, 4.69) is 0 Å². The summed E-state index contributed by atoms with van der Waals surface area (Å²) in [4.78, 5) is 12.1. The van der Waals surface area contributed by atoms with Crippen molar-refractivity contribution in [3.8, 4) is 0 Å². The number of ether oxygens (including phenoxy) is 1. The van der Waals surface area contributed by atoms with Crippen LogP contribution in [0.25, 0.3) is 0 Å². The Labute approximate surface area is 124 Å². The Morgan fingerprint density at radius 2 is 2.21 bits per heavy atom. The highest BCUT2D eigenvalue weighted by Gasteiger charge is 2.31. The first-order valence-electron chi connectivity index (χ1n) is 5.96. The molecule has 0 saturated carbocycles. The van der Waals surface area contributed by atoms with Crippen molar-refractivity contribution in [1.82, 2.24) is 0 Å². The van der Waals surface area contributed by atoms with Gasteiger partial charge in [-0.25, -0.2) is 0 Å². The molecule has 2 rings (SSSR count). The van der Waals surface area contributed by atoms with E-state index in [1.165, 1.54) is 6.07 Å². The maximum Gasteiger partial charge on any atom is 0.176 e. The molecule has 0 N–H and O–H groups in total. The number of hydrogen-bond donors (Lipinski definition) is 0. The summed E-state index contributed by atoms with van der Waals surface area (Å²) in [7, 11) is -1.24. The molecule has 0 aromatic heterocycles. The lowest BCUT2D eigenvalue weighted by atomic mass is 10.1. The molecule has 0 aliphatic carbocycles. The Balaban J connectivity index is 2.06. The molecule has 0 radical (unpaired) electrons. The molecule has 1 saturated heterocycles. The van der Waals surface area contributed by atoms with Gasteiger partial charge in [-0.05, 0) is 31.5 Å². The number of carbonyl (C=O) groups is 1. The average Bonchev–Trinajstić information content (AvgIpc) is 2.75. The molecule has 1 fully saturated rings. The normalized spacial score (nSPS) is 24.4. The van der Waals surface area contributed by atoms with E-state index in [0.29, 0.717) is 22.2 Å². The molecule has 0 spiro atoms. The third-order valence-electron chi connectivity index (χ3n) is 3.15. The summed E-state index contributed by atoms with van der Waals surface area (Å²) in [6.45, 7) is 2.49. The topological polar surface area (TPSA) is 43.4 Å². The quantitative estimate of drug-likeness (QED) is 0.801. The van der Waals surface area contributed by atoms with Crippen LogP contribution in [0.1, 0.15) is 23.7 Å². The van der Waals surface area contributed by atoms with E-state index in [-0.39, 0.29) is 22.9 Å². The SMILES string of the molecule is CC1OCCC1S(=O)CC(=O)c1ccc(Cl)cc1Cl. The highest BCUT2D eigenvalue weighted by Crippen LogP contribution is 2.23. The number of ketones is 1. The van der Waals surface area contributed by atoms with Crippen molar-refractivity contribution in [2.45, 2.75) is 24.7 Å². The van der Waals surface area contributed by atoms with E-state index in [0.717, 1.165) is 6.42 Å². The van der Waals surface area contributed by atoms with Crippen molar-refractivity contribution >= 4 is 39.8 Å². The summed E-state index contributed by atoms with van der Waals surface area (Å²) in [5, 5.41) is 0.695. The molecule has 3 nitrogen and oxygen atoms in total. The smallest absolute Gasteiger partial charge is 0.176 e. The van der Waals surface area contributed by atoms with E-state index in [4.69, 9.17) is 27.9 Å². The molecule has 1 heterocycles. The second kappa shape index (κ2) is 6.35. The van der Waals surface area contributed by atoms with E-state index in [9.17, 15) is 9.00 Å². The van der Waals surface area contributed by atoms with Gasteiger partial charge in [-0.3, -0.25) is 9.00 Å². The lowest BCUT2D eigenvalue weighted by molar-refractivity contribution is 0.102. The molecular weight excluding hydrogens is 307 g/mol. The van der Waals surface area contributed by atoms with E-state index < -0.39 is 10.8 Å². The summed E-state index contributed by atoms with van der Waals surface area (Å²) in [5.41, 5.74) is 0.367. The standard InChI is InChI=1S/C13H14Cl2O3S/c1-8-13(4-5-18-8)19(17)7-12(16)10-3-2-9(14)6-11(10)15/h2-3,6,8,13H,4-5,7H2,1H3. The second-order valence-electron chi connectivity index (χ2n) is 4.48. The van der Waals surface area contributed by atoms with Gasteiger partial charge in [-0.15, -0.1) is 0 Å². The first kappa shape index (κ1) is 15.0. The lowest BCUT2D eigenvalue weighted by Crippen LogP contribution is -2.27. The molecule has 3 atom stereocenters. The van der Waals surface area contributed by atoms with Crippen LogP contribution < -0.4 is 0 Å². The number of halogens is 2. The fourth-order valence-corrected chi connectivity index (χ4v) is 4.09. The minimum Gasteiger partial charge on any atom is -0.377 e. The fourth-order valence-electron chi connectivity index (χ4n) is 2.09. The summed E-state index contributed by atoms with van der Waals surface area (Å²) in [6.07, 6.45) is 0.671. The molecular formula is C13H14Cl2O3S. The van der Waals surface area contributed by atoms with Crippen LogP contribution in [0, 0.1) is 0 Å². The third-order valence-corrected chi connectivity index (χ3v) is 5.54. The maximum atomic E-state index is 12.2. The number of Topliss-reactive ketones (excluding diaryl/α,β-unsaturated/α-hetero) is 1. The van der Waals surface area contributed by atoms with Crippen LogP contribution in [0.4, 0.5) is 0 Å². The maximum absolute atomic E-state index is 12.2. The van der Waals surface area contributed by atoms with E-state index in [1.54, 1.807) is 12.1 Å². The van der Waals surface area contributed by atoms with Gasteiger partial charge in [0, 0.05) is 28.0 Å². The van der Waals surface area contributed by atoms with Crippen LogP contribution in [-0.2, 0) is 15.5 Å². The molecule has 1 aliphatic rings. The highest BCUT2D eigenvalue weighted by molar-refractivity contribution is 7.86. The first-order valence-corrected chi connectivity index (χ1v) is 8.10. The second-order valence-corrected chi connectivity index (χ2v) is 6.97. The average molecular weight is 321 g/mol. The Kier molecular flexibility index (Phi) is 5.01. The van der Waals surface area contributed by atoms with Gasteiger partial charge in [0.15, 0.2) is 5.78 Å². The third kappa shape index (κ3) is 3.57. The van der Waals surface area contributed by atoms with Crippen molar-refractivity contribution in [3.63, 3.8) is 0 Å². The molecule has 6 heteroatoms. The van der Waals surface area contributed by atoms with Gasteiger partial charge >= 0.3 is 0 Å². The van der Waals surface area contributed by atoms with Gasteiger partial charge in [-0.1, -0.05) is 23.2 Å². The van der Waals surface area contributed by atoms with Crippen molar-refractivity contribution in [1.29, 1.82) is 0 Å². The van der Waals surface area contributed by atoms with Crippen molar-refractivity contribution in [3.05, 3.63) is 33.8 Å². The van der Waals surface area contributed by atoms with Crippen LogP contribution in [0.2, 0.25) is 10.0 Å². The van der Waals surface area contributed by atoms with Crippen LogP contribution in [0.15, 0.2) is 18.2 Å². The molecule has 1 aliphatic heterocycles. The Morgan fingerprint density at radius 1 is 1.47 bits per heavy atom. The molecule has 1 aromatic rings. The van der Waals surface area contributed by atoms with Gasteiger partial charge < -0.3 is 4.74 Å². The van der Waals surface area contributed by atoms with E-state index in [1.807, 2.05) is 6.92 Å². The van der Waals surface area contributed by atoms with Crippen molar-refractivity contribution < 1.29 is 13.7 Å². The number of hydrogen-bond acceptors (Lipinski definition) is 3. The predicted molar refractivity (Wildman–Crippen MR) is 77.6 cm³/mol. The van der Waals surface area contributed by atoms with Gasteiger partial charge in [0.05, 0.1) is 22.1 Å². The zero-order valence-corrected chi connectivity index (χ0v) is 12.7. The number of benzene rings is 1. The van der Waals surface area contributed by atoms with Crippen LogP contribution in [-0.4, -0.2) is 33.7 Å². The largest absolute Gasteiger partial charge is 0.377 e. The number of rotatable bonds is 4. The monoisotopic (exact) mass is 320 g/mol. The molecule has 1 aromatic carbocycles. The summed E-state index contributed by atoms with van der Waals surface area (Å²) in [5.74, 6) is -0.251. The Hall–Kier alpha value is -0.420. The Morgan fingerprint density at radius 3 is 2.79 bits per heavy atom. The zero-order chi connectivity index (χ0) is 14.0. The van der Waals surface area contributed by atoms with Crippen LogP contribution in [0.5, 0.6) is 0 Å². The first-order chi connectivity index (χ1) is 8.99. The van der Waals surface area contributed by atoms with Crippen LogP contribution in [0.3, 0.4) is 0 Å². The summed E-state index contributed by atoms with van der Waals surface area (Å²) < 4.78 is 17.5. The molecule has 104 valence electrons. The van der Waals surface area contributed by atoms with Crippen molar-refractivity contribution in [2.75, 3.05) is 12.4 Å². The summed E-state index contributed by atoms with van der Waals surface area (Å²) >= 11 is 11.7. The molecule has 0 amide bonds. The minimum atomic E-state index is -1.24. The van der Waals surface area contributed by atoms with Gasteiger partial charge in [0.2, 0.25) is 0 Å². The lowest BCUT2D eigenvalue weighted by Gasteiger charge is -2.13. The summed E-state index contributed by atoms with van der Waals surface area (Å²) in [6, 6.07) is 4.68. The fraction of sp³-hybridized carbons (Fsp3) is 0.462. The number of carbonyl (C=O) groups excluding carboxylic acids is 1. The Bertz CT molecular complexity index is 519. The molecule has 0 bridgehead atoms. The van der Waals surface area contributed by atoms with Crippen molar-refractivity contribution in [2.24, 2.45) is 0 Å². The molecule has 19 heavy (non-hydrogen) atoms. The highest BCUT2D eigenvalue weighted by atomic mass is 35.5. The van der Waals surface area contributed by atoms with Gasteiger partial charge in [0.25, 0.3) is 0 Å². The minimum absolute atomic E-state index is 0.0281. The zero-order valence-electron chi connectivity index (χ0n) is 10.4. The van der Waals surface area contributed by atoms with Gasteiger partial charge in [-0.2, -0.15) is 0 Å². The van der Waals surface area contributed by atoms with Gasteiger partial charge in [0.1, 0.15) is 0 Å². The van der Waals surface area contributed by atoms with Crippen LogP contribution >= 0.6 is 23.2 Å². The molecule has 3 unspecified atom stereocenters. The van der Waals surface area contributed by atoms with E-state index >= 15 is 0 Å².